The lowest BCUT2D eigenvalue weighted by Gasteiger charge is -2.35. The molecule has 0 radical (unpaired) electrons. The smallest absolute Gasteiger partial charge is 0.253 e. The number of amides is 1. The largest absolute Gasteiger partial charge is 0.389 e. The van der Waals surface area contributed by atoms with Gasteiger partial charge in [0.1, 0.15) is 0 Å². The van der Waals surface area contributed by atoms with E-state index in [0.717, 1.165) is 29.5 Å². The number of carbonyl (C=O) groups excluding carboxylic acids is 1. The molecule has 1 fully saturated rings. The maximum Gasteiger partial charge on any atom is 0.253 e. The Hall–Kier alpha value is -2.64. The molecule has 2 aromatic carbocycles. The Morgan fingerprint density at radius 3 is 2.04 bits per heavy atom. The van der Waals surface area contributed by atoms with Crippen LogP contribution in [0, 0.1) is 16.7 Å². The van der Waals surface area contributed by atoms with Gasteiger partial charge in [-0.3, -0.25) is 4.79 Å². The average molecular weight is 348 g/mol. The molecule has 0 aliphatic carbocycles. The van der Waals surface area contributed by atoms with Crippen LogP contribution in [0.4, 0.5) is 0 Å². The van der Waals surface area contributed by atoms with Crippen LogP contribution in [0.5, 0.6) is 0 Å². The van der Waals surface area contributed by atoms with Crippen LogP contribution in [-0.4, -0.2) is 29.0 Å². The van der Waals surface area contributed by atoms with E-state index in [1.165, 1.54) is 0 Å². The van der Waals surface area contributed by atoms with Gasteiger partial charge in [0.25, 0.3) is 5.91 Å². The van der Waals surface area contributed by atoms with Crippen LogP contribution in [0.25, 0.3) is 11.1 Å². The van der Waals surface area contributed by atoms with Crippen molar-refractivity contribution in [3.8, 4) is 17.2 Å². The number of carbonyl (C=O) groups is 1. The van der Waals surface area contributed by atoms with Crippen molar-refractivity contribution in [2.75, 3.05) is 13.1 Å². The van der Waals surface area contributed by atoms with E-state index in [0.29, 0.717) is 18.7 Å². The first-order valence-electron chi connectivity index (χ1n) is 9.01. The number of aliphatic hydroxyl groups is 1. The number of aliphatic hydroxyl groups excluding tert-OH is 1. The van der Waals surface area contributed by atoms with E-state index < -0.39 is 6.10 Å². The Balaban J connectivity index is 1.69. The van der Waals surface area contributed by atoms with Gasteiger partial charge in [-0.1, -0.05) is 36.4 Å². The van der Waals surface area contributed by atoms with Gasteiger partial charge < -0.3 is 10.0 Å². The molecule has 0 unspecified atom stereocenters. The molecule has 4 heteroatoms. The quantitative estimate of drug-likeness (QED) is 0.905. The Morgan fingerprint density at radius 2 is 1.58 bits per heavy atom. The summed E-state index contributed by atoms with van der Waals surface area (Å²) in [6.45, 7) is 4.97. The predicted molar refractivity (Wildman–Crippen MR) is 101 cm³/mol. The summed E-state index contributed by atoms with van der Waals surface area (Å²) >= 11 is 0. The zero-order chi connectivity index (χ0) is 18.7. The second kappa shape index (κ2) is 7.31. The van der Waals surface area contributed by atoms with E-state index in [-0.39, 0.29) is 11.3 Å². The van der Waals surface area contributed by atoms with Crippen molar-refractivity contribution in [1.82, 2.24) is 4.90 Å². The number of nitriles is 1. The molecule has 0 saturated carbocycles. The van der Waals surface area contributed by atoms with Crippen molar-refractivity contribution in [3.05, 3.63) is 59.7 Å². The fraction of sp³-hybridized carbons (Fsp3) is 0.364. The van der Waals surface area contributed by atoms with Gasteiger partial charge in [-0.05, 0) is 55.5 Å². The minimum Gasteiger partial charge on any atom is -0.389 e. The molecule has 1 atom stereocenters. The highest BCUT2D eigenvalue weighted by Gasteiger charge is 2.32. The van der Waals surface area contributed by atoms with E-state index in [9.17, 15) is 15.2 Å². The molecule has 4 nitrogen and oxygen atoms in total. The van der Waals surface area contributed by atoms with Gasteiger partial charge in [-0.15, -0.1) is 0 Å². The summed E-state index contributed by atoms with van der Waals surface area (Å²) in [5.41, 5.74) is 3.34. The van der Waals surface area contributed by atoms with Crippen LogP contribution in [0.3, 0.4) is 0 Å². The van der Waals surface area contributed by atoms with Crippen LogP contribution in [-0.2, 0) is 0 Å². The molecule has 2 aromatic rings. The molecule has 0 aromatic heterocycles. The van der Waals surface area contributed by atoms with Crippen molar-refractivity contribution < 1.29 is 9.90 Å². The van der Waals surface area contributed by atoms with Crippen molar-refractivity contribution in [2.24, 2.45) is 5.41 Å². The number of hydrogen-bond acceptors (Lipinski definition) is 3. The van der Waals surface area contributed by atoms with Crippen LogP contribution in [0.1, 0.15) is 48.7 Å². The maximum absolute atomic E-state index is 12.7. The number of nitrogens with zero attached hydrogens (tertiary/aromatic N) is 2. The zero-order valence-electron chi connectivity index (χ0n) is 15.3. The third-order valence-electron chi connectivity index (χ3n) is 5.28. The van der Waals surface area contributed by atoms with Gasteiger partial charge in [0, 0.05) is 18.7 Å². The maximum atomic E-state index is 12.7. The first kappa shape index (κ1) is 18.2. The number of piperidine rings is 1. The lowest BCUT2D eigenvalue weighted by Crippen LogP contribution is -2.41. The highest BCUT2D eigenvalue weighted by molar-refractivity contribution is 5.94. The topological polar surface area (TPSA) is 64.3 Å². The van der Waals surface area contributed by atoms with Crippen molar-refractivity contribution >= 4 is 5.91 Å². The van der Waals surface area contributed by atoms with Gasteiger partial charge >= 0.3 is 0 Å². The van der Waals surface area contributed by atoms with Gasteiger partial charge in [-0.25, -0.2) is 0 Å². The first-order chi connectivity index (χ1) is 12.4. The Morgan fingerprint density at radius 1 is 1.08 bits per heavy atom. The summed E-state index contributed by atoms with van der Waals surface area (Å²) in [5.74, 6) is 0.0287. The molecule has 0 bridgehead atoms. The minimum atomic E-state index is -0.475. The third-order valence-corrected chi connectivity index (χ3v) is 5.28. The van der Waals surface area contributed by atoms with E-state index in [2.05, 4.69) is 6.07 Å². The summed E-state index contributed by atoms with van der Waals surface area (Å²) in [6.07, 6.45) is 0.975. The summed E-state index contributed by atoms with van der Waals surface area (Å²) in [6, 6.07) is 17.8. The Labute approximate surface area is 154 Å². The van der Waals surface area contributed by atoms with Gasteiger partial charge in [0.2, 0.25) is 0 Å². The fourth-order valence-corrected chi connectivity index (χ4v) is 3.26. The highest BCUT2D eigenvalue weighted by Crippen LogP contribution is 2.30. The lowest BCUT2D eigenvalue weighted by atomic mass is 9.82. The number of hydrogen-bond donors (Lipinski definition) is 1. The van der Waals surface area contributed by atoms with E-state index >= 15 is 0 Å². The summed E-state index contributed by atoms with van der Waals surface area (Å²) in [5, 5.41) is 18.8. The molecule has 1 amide bonds. The van der Waals surface area contributed by atoms with Crippen LogP contribution in [0.2, 0.25) is 0 Å². The van der Waals surface area contributed by atoms with Gasteiger partial charge in [-0.2, -0.15) is 5.26 Å². The zero-order valence-corrected chi connectivity index (χ0v) is 15.3. The predicted octanol–water partition coefficient (Wildman–Crippen LogP) is 4.17. The van der Waals surface area contributed by atoms with Gasteiger partial charge in [0.15, 0.2) is 0 Å². The van der Waals surface area contributed by atoms with Crippen LogP contribution < -0.4 is 0 Å². The molecule has 1 N–H and O–H groups in total. The molecule has 26 heavy (non-hydrogen) atoms. The molecular formula is C22H24N2O2. The number of likely N-dealkylation sites (tertiary alicyclic amines) is 1. The molecule has 1 aliphatic heterocycles. The van der Waals surface area contributed by atoms with Crippen molar-refractivity contribution in [1.29, 1.82) is 5.26 Å². The normalized spacial score (nSPS) is 17.4. The first-order valence-corrected chi connectivity index (χ1v) is 9.01. The molecular weight excluding hydrogens is 324 g/mol. The standard InChI is InChI=1S/C22H24N2O2/c1-16(25)17-3-5-18(6-4-17)19-7-9-20(10-8-19)21(26)24-13-11-22(2,15-23)12-14-24/h3-10,16,25H,11-14H2,1-2H3/t16-/m1/s1. The molecule has 0 spiro atoms. The van der Waals surface area contributed by atoms with Crippen molar-refractivity contribution in [2.45, 2.75) is 32.8 Å². The average Bonchev–Trinajstić information content (AvgIpc) is 2.68. The van der Waals surface area contributed by atoms with Crippen molar-refractivity contribution in [3.63, 3.8) is 0 Å². The van der Waals surface area contributed by atoms with Crippen LogP contribution >= 0.6 is 0 Å². The summed E-state index contributed by atoms with van der Waals surface area (Å²) in [7, 11) is 0. The Kier molecular flexibility index (Phi) is 5.11. The number of benzene rings is 2. The van der Waals surface area contributed by atoms with E-state index in [1.54, 1.807) is 6.92 Å². The highest BCUT2D eigenvalue weighted by atomic mass is 16.3. The Bertz CT molecular complexity index is 809. The summed E-state index contributed by atoms with van der Waals surface area (Å²) in [4.78, 5) is 14.5. The van der Waals surface area contributed by atoms with Gasteiger partial charge in [0.05, 0.1) is 17.6 Å². The SMILES string of the molecule is C[C@@H](O)c1ccc(-c2ccc(C(=O)N3CCC(C)(C#N)CC3)cc2)cc1. The van der Waals surface area contributed by atoms with E-state index in [1.807, 2.05) is 60.4 Å². The van der Waals surface area contributed by atoms with E-state index in [4.69, 9.17) is 0 Å². The second-order valence-electron chi connectivity index (χ2n) is 7.34. The number of rotatable bonds is 3. The molecule has 1 aliphatic rings. The molecule has 1 heterocycles. The second-order valence-corrected chi connectivity index (χ2v) is 7.34. The summed E-state index contributed by atoms with van der Waals surface area (Å²) < 4.78 is 0. The minimum absolute atomic E-state index is 0.0287. The monoisotopic (exact) mass is 348 g/mol. The molecule has 3 rings (SSSR count). The third kappa shape index (κ3) is 3.79. The molecule has 1 saturated heterocycles. The van der Waals surface area contributed by atoms with Crippen LogP contribution in [0.15, 0.2) is 48.5 Å². The fourth-order valence-electron chi connectivity index (χ4n) is 3.26. The lowest BCUT2D eigenvalue weighted by molar-refractivity contribution is 0.0661. The molecule has 134 valence electrons.